The maximum atomic E-state index is 14.2. The summed E-state index contributed by atoms with van der Waals surface area (Å²) in [7, 11) is 2.12. The Morgan fingerprint density at radius 3 is 2.44 bits per heavy atom. The molecule has 0 unspecified atom stereocenters. The number of benzene rings is 2. The number of likely N-dealkylation sites (N-methyl/N-ethyl adjacent to an activating group) is 1. The number of carbonyl (C=O) groups is 1. The van der Waals surface area contributed by atoms with Crippen molar-refractivity contribution in [3.63, 3.8) is 0 Å². The van der Waals surface area contributed by atoms with Gasteiger partial charge < -0.3 is 14.7 Å². The number of halogens is 2. The zero-order valence-corrected chi connectivity index (χ0v) is 22.3. The summed E-state index contributed by atoms with van der Waals surface area (Å²) in [6.07, 6.45) is 0.889. The Kier molecular flexibility index (Phi) is 8.32. The van der Waals surface area contributed by atoms with Crippen LogP contribution < -0.4 is 4.90 Å². The van der Waals surface area contributed by atoms with E-state index in [1.165, 1.54) is 12.1 Å². The molecule has 1 fully saturated rings. The van der Waals surface area contributed by atoms with Crippen molar-refractivity contribution in [2.45, 2.75) is 33.7 Å². The fourth-order valence-electron chi connectivity index (χ4n) is 4.50. The smallest absolute Gasteiger partial charge is 0.254 e. The molecule has 1 aliphatic rings. The normalized spacial score (nSPS) is 14.5. The SMILES string of the molecule is Cc1nn(-c2cccc(F)c2)c(N2CCN(C)CC2)c1CN(CCC(C)C)C(=O)c1ccc(Cl)cc1. The van der Waals surface area contributed by atoms with E-state index in [9.17, 15) is 9.18 Å². The molecule has 0 spiro atoms. The Labute approximate surface area is 218 Å². The van der Waals surface area contributed by atoms with Gasteiger partial charge in [-0.2, -0.15) is 5.10 Å². The minimum atomic E-state index is -0.303. The molecule has 36 heavy (non-hydrogen) atoms. The second-order valence-corrected chi connectivity index (χ2v) is 10.4. The number of nitrogens with zero attached hydrogens (tertiary/aromatic N) is 5. The molecule has 3 aromatic rings. The molecular formula is C28H35ClFN5O. The summed E-state index contributed by atoms with van der Waals surface area (Å²) in [5.41, 5.74) is 3.12. The molecule has 6 nitrogen and oxygen atoms in total. The fraction of sp³-hybridized carbons (Fsp3) is 0.429. The number of hydrogen-bond acceptors (Lipinski definition) is 4. The van der Waals surface area contributed by atoms with Gasteiger partial charge in [-0.25, -0.2) is 9.07 Å². The number of piperazine rings is 1. The molecule has 0 aliphatic carbocycles. The van der Waals surface area contributed by atoms with Gasteiger partial charge >= 0.3 is 0 Å². The van der Waals surface area contributed by atoms with Crippen LogP contribution in [0.5, 0.6) is 0 Å². The van der Waals surface area contributed by atoms with Crippen molar-refractivity contribution >= 4 is 23.3 Å². The van der Waals surface area contributed by atoms with Crippen LogP contribution in [0.1, 0.15) is 41.9 Å². The third kappa shape index (κ3) is 6.08. The summed E-state index contributed by atoms with van der Waals surface area (Å²) in [6, 6.07) is 13.6. The monoisotopic (exact) mass is 511 g/mol. The van der Waals surface area contributed by atoms with Gasteiger partial charge in [-0.15, -0.1) is 0 Å². The van der Waals surface area contributed by atoms with E-state index < -0.39 is 0 Å². The third-order valence-corrected chi connectivity index (χ3v) is 6.97. The number of aryl methyl sites for hydroxylation is 1. The maximum Gasteiger partial charge on any atom is 0.254 e. The predicted octanol–water partition coefficient (Wildman–Crippen LogP) is 5.41. The molecule has 0 bridgehead atoms. The zero-order valence-electron chi connectivity index (χ0n) is 21.5. The molecule has 1 aliphatic heterocycles. The molecule has 0 saturated carbocycles. The lowest BCUT2D eigenvalue weighted by atomic mass is 10.1. The summed E-state index contributed by atoms with van der Waals surface area (Å²) in [5, 5.41) is 5.45. The molecule has 2 aromatic carbocycles. The highest BCUT2D eigenvalue weighted by molar-refractivity contribution is 6.30. The Morgan fingerprint density at radius 2 is 1.81 bits per heavy atom. The van der Waals surface area contributed by atoms with Crippen LogP contribution in [0, 0.1) is 18.7 Å². The summed E-state index contributed by atoms with van der Waals surface area (Å²) >= 11 is 6.07. The highest BCUT2D eigenvalue weighted by atomic mass is 35.5. The van der Waals surface area contributed by atoms with Gasteiger partial charge in [0.05, 0.1) is 17.9 Å². The quantitative estimate of drug-likeness (QED) is 0.405. The lowest BCUT2D eigenvalue weighted by Gasteiger charge is -2.35. The van der Waals surface area contributed by atoms with Crippen LogP contribution >= 0.6 is 11.6 Å². The standard InChI is InChI=1S/C28H35ClFN5O/c1-20(2)12-13-34(28(36)22-8-10-23(29)11-9-22)19-26-21(3)31-35(25-7-5-6-24(30)18-25)27(26)33-16-14-32(4)15-17-33/h5-11,18,20H,12-17,19H2,1-4H3. The van der Waals surface area contributed by atoms with Gasteiger partial charge in [0.15, 0.2) is 0 Å². The number of amides is 1. The molecular weight excluding hydrogens is 477 g/mol. The first kappa shape index (κ1) is 26.2. The first-order valence-corrected chi connectivity index (χ1v) is 12.9. The minimum Gasteiger partial charge on any atom is -0.354 e. The third-order valence-electron chi connectivity index (χ3n) is 6.72. The van der Waals surface area contributed by atoms with Crippen molar-refractivity contribution in [3.8, 4) is 5.69 Å². The van der Waals surface area contributed by atoms with Crippen molar-refractivity contribution in [2.24, 2.45) is 5.92 Å². The van der Waals surface area contributed by atoms with Gasteiger partial charge in [0, 0.05) is 48.9 Å². The van der Waals surface area contributed by atoms with E-state index in [4.69, 9.17) is 16.7 Å². The fourth-order valence-corrected chi connectivity index (χ4v) is 4.62. The molecule has 8 heteroatoms. The molecule has 4 rings (SSSR count). The van der Waals surface area contributed by atoms with E-state index in [-0.39, 0.29) is 11.7 Å². The summed E-state index contributed by atoms with van der Waals surface area (Å²) in [6.45, 7) is 10.9. The van der Waals surface area contributed by atoms with Gasteiger partial charge in [0.2, 0.25) is 0 Å². The topological polar surface area (TPSA) is 44.6 Å². The Bertz CT molecular complexity index is 1190. The van der Waals surface area contributed by atoms with E-state index >= 15 is 0 Å². The Morgan fingerprint density at radius 1 is 1.11 bits per heavy atom. The van der Waals surface area contributed by atoms with Crippen LogP contribution in [0.3, 0.4) is 0 Å². The van der Waals surface area contributed by atoms with Crippen molar-refractivity contribution in [1.29, 1.82) is 0 Å². The predicted molar refractivity (Wildman–Crippen MR) is 144 cm³/mol. The van der Waals surface area contributed by atoms with E-state index in [0.29, 0.717) is 35.3 Å². The maximum absolute atomic E-state index is 14.2. The Balaban J connectivity index is 1.75. The Hall–Kier alpha value is -2.90. The number of aromatic nitrogens is 2. The highest BCUT2D eigenvalue weighted by Crippen LogP contribution is 2.30. The van der Waals surface area contributed by atoms with E-state index in [2.05, 4.69) is 30.7 Å². The minimum absolute atomic E-state index is 0.0328. The molecule has 2 heterocycles. The second kappa shape index (κ2) is 11.4. The summed E-state index contributed by atoms with van der Waals surface area (Å²) < 4.78 is 16.0. The van der Waals surface area contributed by atoms with Gasteiger partial charge in [0.25, 0.3) is 5.91 Å². The van der Waals surface area contributed by atoms with Crippen LogP contribution in [0.25, 0.3) is 5.69 Å². The largest absolute Gasteiger partial charge is 0.354 e. The van der Waals surface area contributed by atoms with Crippen molar-refractivity contribution < 1.29 is 9.18 Å². The van der Waals surface area contributed by atoms with Gasteiger partial charge in [-0.3, -0.25) is 4.79 Å². The van der Waals surface area contributed by atoms with Crippen LogP contribution in [-0.4, -0.2) is 65.3 Å². The van der Waals surface area contributed by atoms with E-state index in [1.54, 1.807) is 30.3 Å². The summed E-state index contributed by atoms with van der Waals surface area (Å²) in [5.74, 6) is 1.06. The molecule has 1 aromatic heterocycles. The number of rotatable bonds is 8. The average Bonchev–Trinajstić information content (AvgIpc) is 3.18. The highest BCUT2D eigenvalue weighted by Gasteiger charge is 2.27. The van der Waals surface area contributed by atoms with Crippen LogP contribution in [-0.2, 0) is 6.54 Å². The van der Waals surface area contributed by atoms with Crippen LogP contribution in [0.4, 0.5) is 10.2 Å². The molecule has 1 amide bonds. The molecule has 0 atom stereocenters. The summed E-state index contributed by atoms with van der Waals surface area (Å²) in [4.78, 5) is 20.1. The number of hydrogen-bond donors (Lipinski definition) is 0. The first-order chi connectivity index (χ1) is 17.2. The lowest BCUT2D eigenvalue weighted by molar-refractivity contribution is 0.0735. The first-order valence-electron chi connectivity index (χ1n) is 12.6. The molecule has 0 radical (unpaired) electrons. The average molecular weight is 512 g/mol. The van der Waals surface area contributed by atoms with Gasteiger partial charge in [-0.1, -0.05) is 31.5 Å². The van der Waals surface area contributed by atoms with Gasteiger partial charge in [-0.05, 0) is 68.8 Å². The van der Waals surface area contributed by atoms with Crippen LogP contribution in [0.2, 0.25) is 5.02 Å². The second-order valence-electron chi connectivity index (χ2n) is 9.99. The number of anilines is 1. The van der Waals surface area contributed by atoms with Crippen molar-refractivity contribution in [1.82, 2.24) is 19.6 Å². The van der Waals surface area contributed by atoms with Crippen molar-refractivity contribution in [2.75, 3.05) is 44.7 Å². The van der Waals surface area contributed by atoms with Crippen molar-refractivity contribution in [3.05, 3.63) is 76.2 Å². The van der Waals surface area contributed by atoms with Crippen LogP contribution in [0.15, 0.2) is 48.5 Å². The van der Waals surface area contributed by atoms with E-state index in [0.717, 1.165) is 49.7 Å². The molecule has 192 valence electrons. The number of carbonyl (C=O) groups excluding carboxylic acids is 1. The molecule has 0 N–H and O–H groups in total. The molecule has 1 saturated heterocycles. The van der Waals surface area contributed by atoms with E-state index in [1.807, 2.05) is 22.6 Å². The van der Waals surface area contributed by atoms with Gasteiger partial charge in [0.1, 0.15) is 11.6 Å². The zero-order chi connectivity index (χ0) is 25.8. The lowest BCUT2D eigenvalue weighted by Crippen LogP contribution is -2.45.